The highest BCUT2D eigenvalue weighted by atomic mass is 35.5. The summed E-state index contributed by atoms with van der Waals surface area (Å²) < 4.78 is 0. The van der Waals surface area contributed by atoms with Crippen LogP contribution in [-0.4, -0.2) is 31.1 Å². The van der Waals surface area contributed by atoms with Gasteiger partial charge in [0.15, 0.2) is 0 Å². The van der Waals surface area contributed by atoms with Crippen LogP contribution in [0.25, 0.3) is 0 Å². The fourth-order valence-electron chi connectivity index (χ4n) is 2.87. The molecular formula is C18H23ClN2. The van der Waals surface area contributed by atoms with Crippen LogP contribution in [0.3, 0.4) is 0 Å². The number of halogens is 1. The maximum atomic E-state index is 2.57. The molecule has 0 aliphatic carbocycles. The molecule has 2 aromatic rings. The van der Waals surface area contributed by atoms with Crippen LogP contribution in [0, 0.1) is 0 Å². The molecule has 21 heavy (non-hydrogen) atoms. The third-order valence-electron chi connectivity index (χ3n) is 3.97. The van der Waals surface area contributed by atoms with E-state index in [1.165, 1.54) is 37.3 Å². The molecule has 0 radical (unpaired) electrons. The zero-order valence-corrected chi connectivity index (χ0v) is 13.1. The summed E-state index contributed by atoms with van der Waals surface area (Å²) in [5.74, 6) is 0. The van der Waals surface area contributed by atoms with Gasteiger partial charge in [0.05, 0.1) is 0 Å². The van der Waals surface area contributed by atoms with Gasteiger partial charge in [-0.15, -0.1) is 12.4 Å². The molecule has 112 valence electrons. The Balaban J connectivity index is 0.00000161. The number of benzene rings is 2. The number of nitrogens with zero attached hydrogens (tertiary/aromatic N) is 2. The van der Waals surface area contributed by atoms with Crippen molar-refractivity contribution in [3.63, 3.8) is 0 Å². The van der Waals surface area contributed by atoms with Gasteiger partial charge in [-0.1, -0.05) is 36.4 Å². The van der Waals surface area contributed by atoms with Gasteiger partial charge in [0.2, 0.25) is 0 Å². The summed E-state index contributed by atoms with van der Waals surface area (Å²) in [5, 5.41) is 0. The minimum absolute atomic E-state index is 0. The van der Waals surface area contributed by atoms with Crippen molar-refractivity contribution in [3.8, 4) is 0 Å². The van der Waals surface area contributed by atoms with Crippen molar-refractivity contribution in [1.82, 2.24) is 4.90 Å². The normalized spacial score (nSPS) is 14.7. The van der Waals surface area contributed by atoms with Gasteiger partial charge in [-0.3, -0.25) is 0 Å². The molecule has 2 nitrogen and oxygen atoms in total. The summed E-state index contributed by atoms with van der Waals surface area (Å²) in [5.41, 5.74) is 2.55. The second-order valence-electron chi connectivity index (χ2n) is 5.37. The summed E-state index contributed by atoms with van der Waals surface area (Å²) >= 11 is 0. The average molecular weight is 303 g/mol. The second-order valence-corrected chi connectivity index (χ2v) is 5.37. The standard InChI is InChI=1S/C18H22N2.ClH/c1-3-9-17(10-4-1)20(18-11-5-2-6-12-18)16-15-19-13-7-8-14-19;/h1-6,9-12H,7-8,13-16H2;1H. The fourth-order valence-corrected chi connectivity index (χ4v) is 2.87. The van der Waals surface area contributed by atoms with Crippen molar-refractivity contribution in [2.24, 2.45) is 0 Å². The van der Waals surface area contributed by atoms with E-state index < -0.39 is 0 Å². The Labute approximate surface area is 133 Å². The van der Waals surface area contributed by atoms with Crippen LogP contribution in [0.5, 0.6) is 0 Å². The summed E-state index contributed by atoms with van der Waals surface area (Å²) in [7, 11) is 0. The van der Waals surface area contributed by atoms with E-state index in [1.54, 1.807) is 0 Å². The number of likely N-dealkylation sites (tertiary alicyclic amines) is 1. The lowest BCUT2D eigenvalue weighted by atomic mass is 10.2. The molecular weight excluding hydrogens is 280 g/mol. The first kappa shape index (κ1) is 15.9. The molecule has 3 heteroatoms. The highest BCUT2D eigenvalue weighted by molar-refractivity contribution is 5.85. The van der Waals surface area contributed by atoms with Crippen molar-refractivity contribution < 1.29 is 0 Å². The lowest BCUT2D eigenvalue weighted by molar-refractivity contribution is 0.348. The van der Waals surface area contributed by atoms with Crippen molar-refractivity contribution >= 4 is 23.8 Å². The topological polar surface area (TPSA) is 6.48 Å². The smallest absolute Gasteiger partial charge is 0.0411 e. The van der Waals surface area contributed by atoms with E-state index in [1.807, 2.05) is 0 Å². The zero-order valence-electron chi connectivity index (χ0n) is 12.3. The van der Waals surface area contributed by atoms with E-state index in [2.05, 4.69) is 70.5 Å². The third kappa shape index (κ3) is 4.23. The van der Waals surface area contributed by atoms with Gasteiger partial charge in [-0.05, 0) is 50.2 Å². The molecule has 0 bridgehead atoms. The van der Waals surface area contributed by atoms with E-state index in [-0.39, 0.29) is 12.4 Å². The fraction of sp³-hybridized carbons (Fsp3) is 0.333. The highest BCUT2D eigenvalue weighted by Gasteiger charge is 2.14. The number of para-hydroxylation sites is 2. The van der Waals surface area contributed by atoms with Gasteiger partial charge < -0.3 is 9.80 Å². The lowest BCUT2D eigenvalue weighted by Crippen LogP contribution is -2.31. The van der Waals surface area contributed by atoms with Crippen LogP contribution in [0.1, 0.15) is 12.8 Å². The molecule has 0 unspecified atom stereocenters. The maximum Gasteiger partial charge on any atom is 0.0411 e. The Morgan fingerprint density at radius 2 is 1.24 bits per heavy atom. The second kappa shape index (κ2) is 8.06. The van der Waals surface area contributed by atoms with Crippen molar-refractivity contribution in [1.29, 1.82) is 0 Å². The zero-order chi connectivity index (χ0) is 13.6. The molecule has 0 aromatic heterocycles. The van der Waals surface area contributed by atoms with E-state index in [4.69, 9.17) is 0 Å². The molecule has 0 atom stereocenters. The molecule has 3 rings (SSSR count). The minimum Gasteiger partial charge on any atom is -0.340 e. The first-order valence-electron chi connectivity index (χ1n) is 7.53. The summed E-state index contributed by atoms with van der Waals surface area (Å²) in [6.45, 7) is 4.71. The molecule has 1 heterocycles. The molecule has 2 aromatic carbocycles. The predicted octanol–water partition coefficient (Wildman–Crippen LogP) is 4.34. The predicted molar refractivity (Wildman–Crippen MR) is 92.8 cm³/mol. The maximum absolute atomic E-state index is 2.57. The van der Waals surface area contributed by atoms with Crippen LogP contribution < -0.4 is 4.90 Å². The molecule has 0 N–H and O–H groups in total. The Kier molecular flexibility index (Phi) is 6.09. The number of rotatable bonds is 5. The van der Waals surface area contributed by atoms with Gasteiger partial charge in [0, 0.05) is 24.5 Å². The van der Waals surface area contributed by atoms with Crippen LogP contribution in [0.4, 0.5) is 11.4 Å². The van der Waals surface area contributed by atoms with Gasteiger partial charge in [-0.25, -0.2) is 0 Å². The Morgan fingerprint density at radius 1 is 0.762 bits per heavy atom. The number of hydrogen-bond donors (Lipinski definition) is 0. The van der Waals surface area contributed by atoms with Gasteiger partial charge in [-0.2, -0.15) is 0 Å². The van der Waals surface area contributed by atoms with Gasteiger partial charge in [0.25, 0.3) is 0 Å². The van der Waals surface area contributed by atoms with Crippen LogP contribution in [0.15, 0.2) is 60.7 Å². The van der Waals surface area contributed by atoms with E-state index in [0.29, 0.717) is 0 Å². The minimum atomic E-state index is 0. The molecule has 1 saturated heterocycles. The van der Waals surface area contributed by atoms with E-state index in [9.17, 15) is 0 Å². The average Bonchev–Trinajstić information content (AvgIpc) is 3.03. The number of anilines is 2. The first-order valence-corrected chi connectivity index (χ1v) is 7.53. The Hall–Kier alpha value is -1.51. The van der Waals surface area contributed by atoms with Crippen LogP contribution in [-0.2, 0) is 0 Å². The van der Waals surface area contributed by atoms with Crippen LogP contribution >= 0.6 is 12.4 Å². The SMILES string of the molecule is Cl.c1ccc(N(CCN2CCCC2)c2ccccc2)cc1. The van der Waals surface area contributed by atoms with Crippen molar-refractivity contribution in [3.05, 3.63) is 60.7 Å². The third-order valence-corrected chi connectivity index (χ3v) is 3.97. The summed E-state index contributed by atoms with van der Waals surface area (Å²) in [6, 6.07) is 21.4. The van der Waals surface area contributed by atoms with E-state index >= 15 is 0 Å². The quantitative estimate of drug-likeness (QED) is 0.810. The largest absolute Gasteiger partial charge is 0.340 e. The van der Waals surface area contributed by atoms with Gasteiger partial charge in [0.1, 0.15) is 0 Å². The summed E-state index contributed by atoms with van der Waals surface area (Å²) in [4.78, 5) is 4.98. The highest BCUT2D eigenvalue weighted by Crippen LogP contribution is 2.24. The van der Waals surface area contributed by atoms with Crippen molar-refractivity contribution in [2.45, 2.75) is 12.8 Å². The molecule has 1 aliphatic heterocycles. The number of hydrogen-bond acceptors (Lipinski definition) is 2. The van der Waals surface area contributed by atoms with Crippen molar-refractivity contribution in [2.75, 3.05) is 31.1 Å². The summed E-state index contributed by atoms with van der Waals surface area (Å²) in [6.07, 6.45) is 2.72. The van der Waals surface area contributed by atoms with Crippen LogP contribution in [0.2, 0.25) is 0 Å². The monoisotopic (exact) mass is 302 g/mol. The molecule has 0 saturated carbocycles. The Morgan fingerprint density at radius 3 is 1.71 bits per heavy atom. The Bertz CT molecular complexity index is 470. The lowest BCUT2D eigenvalue weighted by Gasteiger charge is -2.27. The molecule has 1 fully saturated rings. The first-order chi connectivity index (χ1) is 9.93. The molecule has 0 amide bonds. The van der Waals surface area contributed by atoms with E-state index in [0.717, 1.165) is 13.1 Å². The molecule has 0 spiro atoms. The van der Waals surface area contributed by atoms with Gasteiger partial charge >= 0.3 is 0 Å². The molecule has 1 aliphatic rings.